The molecule has 4 rings (SSSR count). The Morgan fingerprint density at radius 2 is 1.85 bits per heavy atom. The predicted molar refractivity (Wildman–Crippen MR) is 106 cm³/mol. The van der Waals surface area contributed by atoms with E-state index in [0.29, 0.717) is 32.5 Å². The summed E-state index contributed by atoms with van der Waals surface area (Å²) in [5.74, 6) is 1.67. The molecule has 0 radical (unpaired) electrons. The van der Waals surface area contributed by atoms with Crippen LogP contribution >= 0.6 is 0 Å². The molecule has 0 spiro atoms. The second-order valence-corrected chi connectivity index (χ2v) is 6.85. The van der Waals surface area contributed by atoms with Crippen molar-refractivity contribution >= 4 is 22.6 Å². The number of benzene rings is 2. The van der Waals surface area contributed by atoms with Crippen molar-refractivity contribution in [3.8, 4) is 0 Å². The van der Waals surface area contributed by atoms with E-state index >= 15 is 0 Å². The van der Waals surface area contributed by atoms with E-state index in [-0.39, 0.29) is 11.9 Å². The Labute approximate surface area is 158 Å². The number of carbonyl (C=O) groups excluding carboxylic acids is 1. The summed E-state index contributed by atoms with van der Waals surface area (Å²) >= 11 is 0. The molecule has 0 bridgehead atoms. The third-order valence-electron chi connectivity index (χ3n) is 4.79. The summed E-state index contributed by atoms with van der Waals surface area (Å²) in [4.78, 5) is 23.6. The molecule has 0 saturated carbocycles. The van der Waals surface area contributed by atoms with Gasteiger partial charge in [0.1, 0.15) is 11.6 Å². The monoisotopic (exact) mass is 361 g/mol. The van der Waals surface area contributed by atoms with Crippen LogP contribution in [0.3, 0.4) is 0 Å². The number of anilines is 1. The van der Waals surface area contributed by atoms with Gasteiger partial charge < -0.3 is 16.0 Å². The third-order valence-corrected chi connectivity index (χ3v) is 4.79. The maximum absolute atomic E-state index is 12.4. The van der Waals surface area contributed by atoms with Crippen LogP contribution < -0.4 is 11.1 Å². The molecular formula is C21H23N5O. The van der Waals surface area contributed by atoms with Crippen molar-refractivity contribution in [3.05, 3.63) is 66.0 Å². The Bertz CT molecular complexity index is 944. The molecule has 6 nitrogen and oxygen atoms in total. The van der Waals surface area contributed by atoms with Crippen molar-refractivity contribution in [2.24, 2.45) is 5.73 Å². The lowest BCUT2D eigenvalue weighted by Gasteiger charge is -2.18. The molecule has 1 atom stereocenters. The van der Waals surface area contributed by atoms with Gasteiger partial charge in [0.2, 0.25) is 5.91 Å². The first-order valence-electron chi connectivity index (χ1n) is 9.27. The number of para-hydroxylation sites is 1. The molecule has 3 aromatic rings. The molecule has 2 heterocycles. The number of likely N-dealkylation sites (tertiary alicyclic amines) is 1. The summed E-state index contributed by atoms with van der Waals surface area (Å²) in [5.41, 5.74) is 7.71. The van der Waals surface area contributed by atoms with E-state index in [0.717, 1.165) is 28.1 Å². The van der Waals surface area contributed by atoms with Gasteiger partial charge in [0.05, 0.1) is 11.6 Å². The lowest BCUT2D eigenvalue weighted by molar-refractivity contribution is -0.128. The van der Waals surface area contributed by atoms with E-state index < -0.39 is 0 Å². The molecular weight excluding hydrogens is 338 g/mol. The van der Waals surface area contributed by atoms with Gasteiger partial charge in [0.15, 0.2) is 0 Å². The van der Waals surface area contributed by atoms with Crippen molar-refractivity contribution < 1.29 is 4.79 Å². The van der Waals surface area contributed by atoms with E-state index in [2.05, 4.69) is 15.3 Å². The Kier molecular flexibility index (Phi) is 4.98. The minimum atomic E-state index is 0.0326. The molecule has 1 aliphatic rings. The van der Waals surface area contributed by atoms with Crippen molar-refractivity contribution in [1.29, 1.82) is 0 Å². The number of nitrogens with two attached hydrogens (primary N) is 1. The number of hydrogen-bond acceptors (Lipinski definition) is 5. The minimum Gasteiger partial charge on any atom is -0.364 e. The minimum absolute atomic E-state index is 0.0326. The van der Waals surface area contributed by atoms with Crippen LogP contribution in [0.4, 0.5) is 5.82 Å². The zero-order valence-electron chi connectivity index (χ0n) is 15.1. The van der Waals surface area contributed by atoms with Crippen LogP contribution in [0.5, 0.6) is 0 Å². The Morgan fingerprint density at radius 3 is 2.67 bits per heavy atom. The van der Waals surface area contributed by atoms with E-state index in [1.54, 1.807) is 0 Å². The third kappa shape index (κ3) is 3.90. The molecule has 27 heavy (non-hydrogen) atoms. The van der Waals surface area contributed by atoms with Crippen LogP contribution in [0.25, 0.3) is 10.9 Å². The Hall–Kier alpha value is -2.99. The highest BCUT2D eigenvalue weighted by Gasteiger charge is 2.30. The van der Waals surface area contributed by atoms with Crippen LogP contribution in [-0.2, 0) is 17.8 Å². The number of nitrogens with zero attached hydrogens (tertiary/aromatic N) is 3. The maximum Gasteiger partial charge on any atom is 0.225 e. The molecule has 138 valence electrons. The highest BCUT2D eigenvalue weighted by molar-refractivity contribution is 5.89. The molecule has 0 unspecified atom stereocenters. The smallest absolute Gasteiger partial charge is 0.225 e. The predicted octanol–water partition coefficient (Wildman–Crippen LogP) is 2.34. The lowest BCUT2D eigenvalue weighted by atomic mass is 10.2. The zero-order valence-corrected chi connectivity index (χ0v) is 15.1. The van der Waals surface area contributed by atoms with Crippen molar-refractivity contribution in [1.82, 2.24) is 14.9 Å². The van der Waals surface area contributed by atoms with Gasteiger partial charge in [-0.15, -0.1) is 0 Å². The van der Waals surface area contributed by atoms with Crippen LogP contribution in [0.1, 0.15) is 17.8 Å². The Balaban J connectivity index is 1.53. The molecule has 1 aliphatic heterocycles. The second-order valence-electron chi connectivity index (χ2n) is 6.85. The molecule has 1 saturated heterocycles. The number of rotatable bonds is 6. The fraction of sp³-hybridized carbons (Fsp3) is 0.286. The van der Waals surface area contributed by atoms with Gasteiger partial charge in [-0.3, -0.25) is 4.79 Å². The van der Waals surface area contributed by atoms with Crippen LogP contribution in [0, 0.1) is 0 Å². The zero-order chi connectivity index (χ0) is 18.6. The summed E-state index contributed by atoms with van der Waals surface area (Å²) in [6, 6.07) is 18.0. The lowest BCUT2D eigenvalue weighted by Crippen LogP contribution is -2.28. The molecule has 2 aromatic carbocycles. The van der Waals surface area contributed by atoms with Gasteiger partial charge in [-0.2, -0.15) is 0 Å². The number of amides is 1. The molecule has 3 N–H and O–H groups in total. The van der Waals surface area contributed by atoms with Gasteiger partial charge in [0.25, 0.3) is 0 Å². The van der Waals surface area contributed by atoms with Gasteiger partial charge in [-0.25, -0.2) is 9.97 Å². The highest BCUT2D eigenvalue weighted by atomic mass is 16.2. The fourth-order valence-electron chi connectivity index (χ4n) is 3.49. The van der Waals surface area contributed by atoms with Gasteiger partial charge in [0, 0.05) is 31.3 Å². The normalized spacial score (nSPS) is 16.9. The summed E-state index contributed by atoms with van der Waals surface area (Å²) in [6.45, 7) is 1.81. The molecule has 1 aromatic heterocycles. The summed E-state index contributed by atoms with van der Waals surface area (Å²) < 4.78 is 0. The highest BCUT2D eigenvalue weighted by Crippen LogP contribution is 2.24. The average molecular weight is 361 g/mol. The second kappa shape index (κ2) is 7.72. The maximum atomic E-state index is 12.4. The van der Waals surface area contributed by atoms with E-state index in [1.807, 2.05) is 59.5 Å². The Morgan fingerprint density at radius 1 is 1.07 bits per heavy atom. The van der Waals surface area contributed by atoms with Crippen LogP contribution in [0.15, 0.2) is 54.6 Å². The fourth-order valence-corrected chi connectivity index (χ4v) is 3.49. The van der Waals surface area contributed by atoms with Gasteiger partial charge in [-0.1, -0.05) is 42.5 Å². The van der Waals surface area contributed by atoms with Crippen LogP contribution in [0.2, 0.25) is 0 Å². The van der Waals surface area contributed by atoms with Crippen molar-refractivity contribution in [2.75, 3.05) is 18.4 Å². The molecule has 1 fully saturated rings. The van der Waals surface area contributed by atoms with E-state index in [4.69, 9.17) is 5.73 Å². The number of carbonyl (C=O) groups is 1. The first-order valence-corrected chi connectivity index (χ1v) is 9.27. The molecule has 0 aliphatic carbocycles. The molecule has 6 heteroatoms. The van der Waals surface area contributed by atoms with Gasteiger partial charge >= 0.3 is 0 Å². The summed E-state index contributed by atoms with van der Waals surface area (Å²) in [6.07, 6.45) is 1.10. The number of fused-ring (bicyclic) bond motifs is 1. The first-order chi connectivity index (χ1) is 13.2. The topological polar surface area (TPSA) is 84.1 Å². The summed E-state index contributed by atoms with van der Waals surface area (Å²) in [5, 5.41) is 4.44. The van der Waals surface area contributed by atoms with Gasteiger partial charge in [-0.05, 0) is 24.2 Å². The van der Waals surface area contributed by atoms with E-state index in [1.165, 1.54) is 0 Å². The van der Waals surface area contributed by atoms with Crippen molar-refractivity contribution in [2.45, 2.75) is 25.4 Å². The largest absolute Gasteiger partial charge is 0.364 e. The van der Waals surface area contributed by atoms with Crippen LogP contribution in [-0.4, -0.2) is 39.9 Å². The number of hydrogen-bond donors (Lipinski definition) is 2. The SMILES string of the molecule is NCCc1nc(N[C@H]2CC(=O)N(Cc3ccccc3)C2)c2ccccc2n1. The quantitative estimate of drug-likeness (QED) is 0.704. The van der Waals surface area contributed by atoms with Crippen molar-refractivity contribution in [3.63, 3.8) is 0 Å². The average Bonchev–Trinajstić information content (AvgIpc) is 3.02. The standard InChI is InChI=1S/C21H23N5O/c22-11-10-19-24-18-9-5-4-8-17(18)21(25-19)23-16-12-20(27)26(14-16)13-15-6-2-1-3-7-15/h1-9,16H,10-14,22H2,(H,23,24,25)/t16-/m0/s1. The van der Waals surface area contributed by atoms with E-state index in [9.17, 15) is 4.79 Å². The number of nitrogens with one attached hydrogen (secondary N) is 1. The molecule has 1 amide bonds. The summed E-state index contributed by atoms with van der Waals surface area (Å²) in [7, 11) is 0. The first kappa shape index (κ1) is 17.4. The number of aromatic nitrogens is 2.